The Hall–Kier alpha value is -0.630. The number of hydrogen-bond donors (Lipinski definition) is 0. The van der Waals surface area contributed by atoms with Gasteiger partial charge in [0.05, 0.1) is 0 Å². The minimum absolute atomic E-state index is 0.232. The molecule has 3 unspecified atom stereocenters. The molecule has 1 saturated carbocycles. The first-order valence-electron chi connectivity index (χ1n) is 7.89. The molecule has 1 aromatic heterocycles. The Balaban J connectivity index is 1.74. The van der Waals surface area contributed by atoms with Gasteiger partial charge in [-0.1, -0.05) is 26.2 Å². The first-order chi connectivity index (χ1) is 9.29. The number of rotatable bonds is 3. The third-order valence-corrected chi connectivity index (χ3v) is 6.15. The summed E-state index contributed by atoms with van der Waals surface area (Å²) in [6.45, 7) is 2.27. The molecule has 19 heavy (non-hydrogen) atoms. The molecule has 0 spiro atoms. The van der Waals surface area contributed by atoms with Crippen molar-refractivity contribution < 1.29 is 4.79 Å². The smallest absolute Gasteiger partial charge is 0.143 e. The van der Waals surface area contributed by atoms with Crippen LogP contribution in [0.1, 0.15) is 68.2 Å². The van der Waals surface area contributed by atoms with E-state index in [1.807, 2.05) is 11.3 Å². The second-order valence-electron chi connectivity index (χ2n) is 6.28. The van der Waals surface area contributed by atoms with Crippen LogP contribution in [0.2, 0.25) is 0 Å². The van der Waals surface area contributed by atoms with Crippen molar-refractivity contribution in [3.63, 3.8) is 0 Å². The second-order valence-corrected chi connectivity index (χ2v) is 7.28. The highest BCUT2D eigenvalue weighted by atomic mass is 32.1. The number of carbonyl (C=O) groups is 1. The van der Waals surface area contributed by atoms with Crippen molar-refractivity contribution in [3.8, 4) is 0 Å². The molecule has 0 radical (unpaired) electrons. The molecule has 0 aromatic carbocycles. The topological polar surface area (TPSA) is 17.1 Å². The zero-order chi connectivity index (χ0) is 13.2. The Morgan fingerprint density at radius 3 is 3.05 bits per heavy atom. The summed E-state index contributed by atoms with van der Waals surface area (Å²) in [7, 11) is 0. The lowest BCUT2D eigenvalue weighted by Gasteiger charge is -2.31. The lowest BCUT2D eigenvalue weighted by Crippen LogP contribution is -2.28. The first-order valence-corrected chi connectivity index (χ1v) is 8.77. The molecule has 0 amide bonds. The Labute approximate surface area is 120 Å². The minimum atomic E-state index is 0.232. The van der Waals surface area contributed by atoms with Crippen LogP contribution in [0.3, 0.4) is 0 Å². The Kier molecular flexibility index (Phi) is 4.07. The molecule has 2 aliphatic rings. The second kappa shape index (κ2) is 5.78. The maximum absolute atomic E-state index is 12.9. The van der Waals surface area contributed by atoms with Gasteiger partial charge in [-0.3, -0.25) is 4.79 Å². The highest BCUT2D eigenvalue weighted by Crippen LogP contribution is 2.40. The normalized spacial score (nSPS) is 30.9. The third-order valence-electron chi connectivity index (χ3n) is 5.16. The van der Waals surface area contributed by atoms with Gasteiger partial charge in [0.25, 0.3) is 0 Å². The van der Waals surface area contributed by atoms with Gasteiger partial charge in [-0.15, -0.1) is 11.3 Å². The van der Waals surface area contributed by atoms with Gasteiger partial charge in [0.15, 0.2) is 0 Å². The fourth-order valence-corrected chi connectivity index (χ4v) is 4.97. The van der Waals surface area contributed by atoms with E-state index >= 15 is 0 Å². The maximum atomic E-state index is 12.9. The number of ketones is 1. The molecule has 0 saturated heterocycles. The van der Waals surface area contributed by atoms with Crippen molar-refractivity contribution in [1.29, 1.82) is 0 Å². The summed E-state index contributed by atoms with van der Waals surface area (Å²) in [6, 6.07) is 2.21. The van der Waals surface area contributed by atoms with Crippen molar-refractivity contribution in [1.82, 2.24) is 0 Å². The molecule has 0 N–H and O–H groups in total. The van der Waals surface area contributed by atoms with Crippen LogP contribution in [0.5, 0.6) is 0 Å². The van der Waals surface area contributed by atoms with Gasteiger partial charge in [0, 0.05) is 16.7 Å². The zero-order valence-corrected chi connectivity index (χ0v) is 12.7. The average Bonchev–Trinajstić information content (AvgIpc) is 2.95. The van der Waals surface area contributed by atoms with Crippen molar-refractivity contribution in [3.05, 3.63) is 21.9 Å². The van der Waals surface area contributed by atoms with Gasteiger partial charge in [-0.2, -0.15) is 0 Å². The number of Topliss-reactive ketones (excluding diaryl/α,β-unsaturated/α-hetero) is 1. The lowest BCUT2D eigenvalue weighted by atomic mass is 9.72. The van der Waals surface area contributed by atoms with Crippen molar-refractivity contribution in [2.75, 3.05) is 0 Å². The first kappa shape index (κ1) is 13.4. The summed E-state index contributed by atoms with van der Waals surface area (Å²) in [6.07, 6.45) is 9.64. The number of fused-ring (bicyclic) bond motifs is 1. The molecule has 2 heteroatoms. The molecule has 104 valence electrons. The molecule has 2 aliphatic carbocycles. The van der Waals surface area contributed by atoms with E-state index in [1.165, 1.54) is 42.5 Å². The predicted octanol–water partition coefficient (Wildman–Crippen LogP) is 4.95. The fourth-order valence-electron chi connectivity index (χ4n) is 3.99. The molecule has 0 aliphatic heterocycles. The number of hydrogen-bond acceptors (Lipinski definition) is 2. The van der Waals surface area contributed by atoms with E-state index in [4.69, 9.17) is 0 Å². The molecule has 3 rings (SSSR count). The number of carbonyl (C=O) groups excluding carboxylic acids is 1. The molecule has 0 bridgehead atoms. The van der Waals surface area contributed by atoms with Crippen molar-refractivity contribution in [2.45, 2.75) is 64.2 Å². The molecular formula is C17H24OS. The average molecular weight is 276 g/mol. The quantitative estimate of drug-likeness (QED) is 0.763. The monoisotopic (exact) mass is 276 g/mol. The van der Waals surface area contributed by atoms with Gasteiger partial charge in [-0.25, -0.2) is 0 Å². The van der Waals surface area contributed by atoms with Gasteiger partial charge in [-0.05, 0) is 55.0 Å². The van der Waals surface area contributed by atoms with E-state index in [-0.39, 0.29) is 5.92 Å². The highest BCUT2D eigenvalue weighted by molar-refractivity contribution is 7.10. The van der Waals surface area contributed by atoms with E-state index in [2.05, 4.69) is 18.4 Å². The Morgan fingerprint density at radius 2 is 2.21 bits per heavy atom. The summed E-state index contributed by atoms with van der Waals surface area (Å²) in [4.78, 5) is 14.4. The molecule has 1 aromatic rings. The van der Waals surface area contributed by atoms with Crippen LogP contribution in [0, 0.1) is 11.8 Å². The van der Waals surface area contributed by atoms with Crippen LogP contribution in [0.25, 0.3) is 0 Å². The molecule has 1 nitrogen and oxygen atoms in total. The summed E-state index contributed by atoms with van der Waals surface area (Å²) in [5.74, 6) is 1.95. The molecular weight excluding hydrogens is 252 g/mol. The standard InChI is InChI=1S/C17H24OS/c1-2-12-5-3-6-13(11-12)17(18)15-7-4-8-16-14(15)9-10-19-16/h9-10,12-13,15H,2-8,11H2,1H3. The van der Waals surface area contributed by atoms with Gasteiger partial charge < -0.3 is 0 Å². The molecule has 1 heterocycles. The number of aryl methyl sites for hydroxylation is 1. The van der Waals surface area contributed by atoms with Crippen LogP contribution in [-0.2, 0) is 11.2 Å². The SMILES string of the molecule is CCC1CCCC(C(=O)C2CCCc3sccc32)C1. The van der Waals surface area contributed by atoms with Crippen molar-refractivity contribution in [2.24, 2.45) is 11.8 Å². The third kappa shape index (κ3) is 2.65. The van der Waals surface area contributed by atoms with E-state index in [0.717, 1.165) is 25.2 Å². The van der Waals surface area contributed by atoms with E-state index in [9.17, 15) is 4.79 Å². The predicted molar refractivity (Wildman–Crippen MR) is 80.7 cm³/mol. The van der Waals surface area contributed by atoms with E-state index < -0.39 is 0 Å². The molecule has 1 fully saturated rings. The maximum Gasteiger partial charge on any atom is 0.143 e. The molecule has 3 atom stereocenters. The minimum Gasteiger partial charge on any atom is -0.299 e. The Bertz CT molecular complexity index is 448. The van der Waals surface area contributed by atoms with E-state index in [1.54, 1.807) is 0 Å². The van der Waals surface area contributed by atoms with Crippen LogP contribution >= 0.6 is 11.3 Å². The zero-order valence-electron chi connectivity index (χ0n) is 11.9. The highest BCUT2D eigenvalue weighted by Gasteiger charge is 2.34. The summed E-state index contributed by atoms with van der Waals surface area (Å²) in [5, 5.41) is 2.17. The number of thiophene rings is 1. The Morgan fingerprint density at radius 1 is 1.32 bits per heavy atom. The summed E-state index contributed by atoms with van der Waals surface area (Å²) >= 11 is 1.85. The van der Waals surface area contributed by atoms with Gasteiger partial charge in [0.1, 0.15) is 5.78 Å². The van der Waals surface area contributed by atoms with Gasteiger partial charge in [0.2, 0.25) is 0 Å². The van der Waals surface area contributed by atoms with E-state index in [0.29, 0.717) is 11.7 Å². The fraction of sp³-hybridized carbons (Fsp3) is 0.706. The lowest BCUT2D eigenvalue weighted by molar-refractivity contribution is -0.126. The van der Waals surface area contributed by atoms with Crippen LogP contribution in [0.15, 0.2) is 11.4 Å². The van der Waals surface area contributed by atoms with Crippen LogP contribution in [-0.4, -0.2) is 5.78 Å². The summed E-state index contributed by atoms with van der Waals surface area (Å²) < 4.78 is 0. The largest absolute Gasteiger partial charge is 0.299 e. The van der Waals surface area contributed by atoms with Crippen LogP contribution < -0.4 is 0 Å². The van der Waals surface area contributed by atoms with Crippen LogP contribution in [0.4, 0.5) is 0 Å². The van der Waals surface area contributed by atoms with Gasteiger partial charge >= 0.3 is 0 Å². The summed E-state index contributed by atoms with van der Waals surface area (Å²) in [5.41, 5.74) is 1.37. The van der Waals surface area contributed by atoms with Crippen molar-refractivity contribution >= 4 is 17.1 Å².